The van der Waals surface area contributed by atoms with Gasteiger partial charge in [-0.25, -0.2) is 4.79 Å². The smallest absolute Gasteiger partial charge is 0.338 e. The molecule has 0 N–H and O–H groups in total. The van der Waals surface area contributed by atoms with E-state index < -0.39 is 26.2 Å². The lowest BCUT2D eigenvalue weighted by Gasteiger charge is -2.10. The Kier molecular flexibility index (Phi) is 6.06. The number of methoxy groups -OCH3 is 1. The molecule has 0 aliphatic heterocycles. The number of carbonyl (C=O) groups excluding carboxylic acids is 1. The van der Waals surface area contributed by atoms with Crippen molar-refractivity contribution in [3.8, 4) is 0 Å². The lowest BCUT2D eigenvalue weighted by molar-refractivity contribution is 0.0597. The Bertz CT molecular complexity index is 749. The lowest BCUT2D eigenvalue weighted by atomic mass is 10.0. The van der Waals surface area contributed by atoms with Crippen LogP contribution in [0.2, 0.25) is 0 Å². The molecule has 22 heavy (non-hydrogen) atoms. The molecular weight excluding hydrogens is 336 g/mol. The van der Waals surface area contributed by atoms with E-state index in [4.69, 9.17) is 0 Å². The Balaban J connectivity index is 3.05. The first kappa shape index (κ1) is 18.6. The first-order valence-corrected chi connectivity index (χ1v) is 9.54. The van der Waals surface area contributed by atoms with Crippen LogP contribution in [-0.4, -0.2) is 42.4 Å². The van der Waals surface area contributed by atoms with Gasteiger partial charge in [0.15, 0.2) is 0 Å². The summed E-state index contributed by atoms with van der Waals surface area (Å²) in [7, 11) is -6.12. The molecule has 0 saturated heterocycles. The van der Waals surface area contributed by atoms with Crippen molar-refractivity contribution in [2.75, 3.05) is 19.6 Å². The van der Waals surface area contributed by atoms with E-state index in [2.05, 4.69) is 13.1 Å². The molecule has 1 aromatic carbocycles. The van der Waals surface area contributed by atoms with Gasteiger partial charge in [-0.3, -0.25) is 8.37 Å². The van der Waals surface area contributed by atoms with Gasteiger partial charge in [-0.15, -0.1) is 0 Å². The van der Waals surface area contributed by atoms with Gasteiger partial charge in [0.2, 0.25) is 0 Å². The Morgan fingerprint density at radius 1 is 1.00 bits per heavy atom. The molecular formula is C12H16O8S2. The van der Waals surface area contributed by atoms with Crippen molar-refractivity contribution in [3.63, 3.8) is 0 Å². The van der Waals surface area contributed by atoms with E-state index in [9.17, 15) is 21.6 Å². The van der Waals surface area contributed by atoms with Crippen LogP contribution in [0.4, 0.5) is 0 Å². The molecule has 0 fully saturated rings. The minimum absolute atomic E-state index is 0.0701. The van der Waals surface area contributed by atoms with Crippen LogP contribution in [0.1, 0.15) is 21.5 Å². The Hall–Kier alpha value is -1.49. The predicted octanol–water partition coefficient (Wildman–Crippen LogP) is 0.426. The second-order valence-electron chi connectivity index (χ2n) is 4.42. The highest BCUT2D eigenvalue weighted by molar-refractivity contribution is 7.86. The van der Waals surface area contributed by atoms with Crippen molar-refractivity contribution < 1.29 is 34.7 Å². The van der Waals surface area contributed by atoms with E-state index in [1.807, 2.05) is 0 Å². The van der Waals surface area contributed by atoms with Gasteiger partial charge in [0, 0.05) is 0 Å². The Labute approximate surface area is 129 Å². The second kappa shape index (κ2) is 7.18. The highest BCUT2D eigenvalue weighted by Crippen LogP contribution is 2.17. The van der Waals surface area contributed by atoms with Crippen molar-refractivity contribution in [2.24, 2.45) is 0 Å². The topological polar surface area (TPSA) is 113 Å². The molecule has 0 spiro atoms. The number of rotatable bonds is 7. The number of hydrogen-bond acceptors (Lipinski definition) is 8. The van der Waals surface area contributed by atoms with Gasteiger partial charge in [0.1, 0.15) is 0 Å². The fourth-order valence-corrected chi connectivity index (χ4v) is 2.18. The molecule has 1 aromatic rings. The summed E-state index contributed by atoms with van der Waals surface area (Å²) in [6.45, 7) is -0.591. The molecule has 0 unspecified atom stereocenters. The molecule has 0 aromatic heterocycles. The number of ether oxygens (including phenoxy) is 1. The van der Waals surface area contributed by atoms with Crippen LogP contribution in [0.15, 0.2) is 18.2 Å². The Morgan fingerprint density at radius 3 is 2.05 bits per heavy atom. The third-order valence-electron chi connectivity index (χ3n) is 2.45. The fraction of sp³-hybridized carbons (Fsp3) is 0.417. The minimum Gasteiger partial charge on any atom is -0.465 e. The van der Waals surface area contributed by atoms with Crippen molar-refractivity contribution in [2.45, 2.75) is 13.2 Å². The first-order valence-electron chi connectivity index (χ1n) is 5.91. The number of benzene rings is 1. The second-order valence-corrected chi connectivity index (χ2v) is 7.70. The maximum atomic E-state index is 11.7. The molecule has 1 rings (SSSR count). The summed E-state index contributed by atoms with van der Waals surface area (Å²) in [6.07, 6.45) is 1.79. The van der Waals surface area contributed by atoms with Crippen LogP contribution in [0.25, 0.3) is 0 Å². The molecule has 0 atom stereocenters. The molecule has 0 amide bonds. The Morgan fingerprint density at radius 2 is 1.55 bits per heavy atom. The molecule has 0 heterocycles. The van der Waals surface area contributed by atoms with Crippen LogP contribution >= 0.6 is 0 Å². The third kappa shape index (κ3) is 6.52. The average molecular weight is 352 g/mol. The van der Waals surface area contributed by atoms with Crippen LogP contribution < -0.4 is 0 Å². The molecule has 0 radical (unpaired) electrons. The monoisotopic (exact) mass is 352 g/mol. The highest BCUT2D eigenvalue weighted by atomic mass is 32.2. The van der Waals surface area contributed by atoms with Crippen LogP contribution in [0.5, 0.6) is 0 Å². The number of hydrogen-bond donors (Lipinski definition) is 0. The maximum Gasteiger partial charge on any atom is 0.338 e. The van der Waals surface area contributed by atoms with E-state index >= 15 is 0 Å². The van der Waals surface area contributed by atoms with Crippen LogP contribution in [-0.2, 0) is 46.6 Å². The SMILES string of the molecule is COC(=O)c1cc(COS(C)(=O)=O)ccc1COS(C)(=O)=O. The number of carbonyl (C=O) groups is 1. The summed E-state index contributed by atoms with van der Waals surface area (Å²) < 4.78 is 57.8. The summed E-state index contributed by atoms with van der Waals surface area (Å²) in [5.41, 5.74) is 0.773. The number of esters is 1. The first-order chi connectivity index (χ1) is 10.0. The summed E-state index contributed by atoms with van der Waals surface area (Å²) in [6, 6.07) is 4.30. The summed E-state index contributed by atoms with van der Waals surface area (Å²) in [5, 5.41) is 0. The van der Waals surface area contributed by atoms with Gasteiger partial charge < -0.3 is 4.74 Å². The fourth-order valence-electron chi connectivity index (χ4n) is 1.48. The molecule has 10 heteroatoms. The molecule has 0 saturated carbocycles. The summed E-state index contributed by atoms with van der Waals surface area (Å²) in [4.78, 5) is 11.7. The standard InChI is InChI=1S/C12H16O8S2/c1-18-12(13)11-6-9(7-19-21(2,14)15)4-5-10(11)8-20-22(3,16)17/h4-6H,7-8H2,1-3H3. The predicted molar refractivity (Wildman–Crippen MR) is 77.0 cm³/mol. The van der Waals surface area contributed by atoms with E-state index in [-0.39, 0.29) is 18.8 Å². The van der Waals surface area contributed by atoms with E-state index in [1.54, 1.807) is 0 Å². The van der Waals surface area contributed by atoms with E-state index in [0.29, 0.717) is 11.1 Å². The van der Waals surface area contributed by atoms with Gasteiger partial charge in [-0.05, 0) is 17.2 Å². The molecule has 0 aliphatic rings. The quantitative estimate of drug-likeness (QED) is 0.513. The van der Waals surface area contributed by atoms with Crippen LogP contribution in [0.3, 0.4) is 0 Å². The van der Waals surface area contributed by atoms with E-state index in [0.717, 1.165) is 12.5 Å². The largest absolute Gasteiger partial charge is 0.465 e. The lowest BCUT2D eigenvalue weighted by Crippen LogP contribution is -2.11. The third-order valence-corrected chi connectivity index (χ3v) is 3.54. The summed E-state index contributed by atoms with van der Waals surface area (Å²) >= 11 is 0. The normalized spacial score (nSPS) is 12.1. The van der Waals surface area contributed by atoms with Crippen molar-refractivity contribution in [1.82, 2.24) is 0 Å². The molecule has 0 bridgehead atoms. The van der Waals surface area contributed by atoms with Crippen molar-refractivity contribution in [1.29, 1.82) is 0 Å². The maximum absolute atomic E-state index is 11.7. The minimum atomic E-state index is -3.67. The van der Waals surface area contributed by atoms with Gasteiger partial charge >= 0.3 is 5.97 Å². The zero-order valence-corrected chi connectivity index (χ0v) is 13.9. The molecule has 124 valence electrons. The highest BCUT2D eigenvalue weighted by Gasteiger charge is 2.15. The zero-order valence-electron chi connectivity index (χ0n) is 12.2. The van der Waals surface area contributed by atoms with Gasteiger partial charge in [-0.1, -0.05) is 12.1 Å². The van der Waals surface area contributed by atoms with E-state index in [1.165, 1.54) is 25.3 Å². The van der Waals surface area contributed by atoms with Gasteiger partial charge in [0.05, 0.1) is 38.4 Å². The van der Waals surface area contributed by atoms with Crippen LogP contribution in [0, 0.1) is 0 Å². The molecule has 8 nitrogen and oxygen atoms in total. The zero-order chi connectivity index (χ0) is 17.0. The molecule has 0 aliphatic carbocycles. The van der Waals surface area contributed by atoms with Crippen molar-refractivity contribution >= 4 is 26.2 Å². The average Bonchev–Trinajstić information content (AvgIpc) is 2.40. The van der Waals surface area contributed by atoms with Crippen molar-refractivity contribution in [3.05, 3.63) is 34.9 Å². The van der Waals surface area contributed by atoms with Gasteiger partial charge in [0.25, 0.3) is 20.2 Å². The summed E-state index contributed by atoms with van der Waals surface area (Å²) in [5.74, 6) is -0.701. The van der Waals surface area contributed by atoms with Gasteiger partial charge in [-0.2, -0.15) is 16.8 Å².